The van der Waals surface area contributed by atoms with Crippen molar-refractivity contribution in [3.63, 3.8) is 0 Å². The molecule has 17 heavy (non-hydrogen) atoms. The predicted octanol–water partition coefficient (Wildman–Crippen LogP) is 3.65. The molecule has 3 N–H and O–H groups in total. The minimum atomic E-state index is -0.124. The molecule has 0 aliphatic rings. The quantitative estimate of drug-likeness (QED) is 0.832. The van der Waals surface area contributed by atoms with Crippen LogP contribution in [0.3, 0.4) is 0 Å². The molecule has 88 valence electrons. The van der Waals surface area contributed by atoms with E-state index in [4.69, 9.17) is 5.73 Å². The summed E-state index contributed by atoms with van der Waals surface area (Å²) in [4.78, 5) is 12.6. The molecule has 2 aromatic rings. The van der Waals surface area contributed by atoms with E-state index >= 15 is 0 Å². The molecule has 0 unspecified atom stereocenters. The fraction of sp³-hybridized carbons (Fsp3) is 0.0833. The second-order valence-electron chi connectivity index (χ2n) is 3.63. The molecule has 0 bridgehead atoms. The molecule has 2 rings (SSSR count). The van der Waals surface area contributed by atoms with Crippen molar-refractivity contribution in [2.24, 2.45) is 0 Å². The Hall–Kier alpha value is -1.33. The zero-order valence-electron chi connectivity index (χ0n) is 9.16. The topological polar surface area (TPSA) is 55.1 Å². The van der Waals surface area contributed by atoms with E-state index in [0.717, 1.165) is 15.7 Å². The number of hydrogen-bond acceptors (Lipinski definition) is 3. The van der Waals surface area contributed by atoms with Gasteiger partial charge in [-0.05, 0) is 52.0 Å². The Kier molecular flexibility index (Phi) is 3.49. The van der Waals surface area contributed by atoms with Gasteiger partial charge in [0.2, 0.25) is 0 Å². The standard InChI is InChI=1S/C12H11BrN2OS/c1-7-2-3-8(14)6-10(7)15-12(16)11-9(13)4-5-17-11/h2-6H,14H2,1H3,(H,15,16). The zero-order chi connectivity index (χ0) is 12.4. The molecule has 0 fully saturated rings. The SMILES string of the molecule is Cc1ccc(N)cc1NC(=O)c1sccc1Br. The van der Waals surface area contributed by atoms with E-state index in [9.17, 15) is 4.79 Å². The van der Waals surface area contributed by atoms with Gasteiger partial charge in [0, 0.05) is 15.8 Å². The van der Waals surface area contributed by atoms with Crippen LogP contribution in [-0.4, -0.2) is 5.91 Å². The second kappa shape index (κ2) is 4.89. The maximum absolute atomic E-state index is 12.0. The summed E-state index contributed by atoms with van der Waals surface area (Å²) in [5.74, 6) is -0.124. The molecular formula is C12H11BrN2OS. The maximum atomic E-state index is 12.0. The summed E-state index contributed by atoms with van der Waals surface area (Å²) in [7, 11) is 0. The average Bonchev–Trinajstić information content (AvgIpc) is 2.70. The first-order chi connectivity index (χ1) is 8.08. The van der Waals surface area contributed by atoms with Gasteiger partial charge >= 0.3 is 0 Å². The van der Waals surface area contributed by atoms with Gasteiger partial charge in [0.25, 0.3) is 5.91 Å². The highest BCUT2D eigenvalue weighted by molar-refractivity contribution is 9.10. The van der Waals surface area contributed by atoms with Crippen molar-refractivity contribution < 1.29 is 4.79 Å². The van der Waals surface area contributed by atoms with Crippen molar-refractivity contribution in [2.75, 3.05) is 11.1 Å². The lowest BCUT2D eigenvalue weighted by molar-refractivity contribution is 0.103. The highest BCUT2D eigenvalue weighted by atomic mass is 79.9. The first-order valence-corrected chi connectivity index (χ1v) is 6.65. The minimum Gasteiger partial charge on any atom is -0.399 e. The number of nitrogens with two attached hydrogens (primary N) is 1. The third kappa shape index (κ3) is 2.68. The Labute approximate surface area is 112 Å². The largest absolute Gasteiger partial charge is 0.399 e. The van der Waals surface area contributed by atoms with Crippen LogP contribution in [0.25, 0.3) is 0 Å². The van der Waals surface area contributed by atoms with Crippen molar-refractivity contribution in [3.8, 4) is 0 Å². The molecule has 1 aromatic carbocycles. The van der Waals surface area contributed by atoms with Gasteiger partial charge in [-0.15, -0.1) is 11.3 Å². The summed E-state index contributed by atoms with van der Waals surface area (Å²) in [5.41, 5.74) is 8.06. The van der Waals surface area contributed by atoms with E-state index in [1.165, 1.54) is 11.3 Å². The average molecular weight is 311 g/mol. The van der Waals surface area contributed by atoms with Crippen LogP contribution in [0.5, 0.6) is 0 Å². The van der Waals surface area contributed by atoms with Crippen LogP contribution < -0.4 is 11.1 Å². The number of aryl methyl sites for hydroxylation is 1. The summed E-state index contributed by atoms with van der Waals surface area (Å²) >= 11 is 4.73. The molecule has 1 aromatic heterocycles. The van der Waals surface area contributed by atoms with Crippen LogP contribution in [0.2, 0.25) is 0 Å². The van der Waals surface area contributed by atoms with Crippen LogP contribution in [0.4, 0.5) is 11.4 Å². The lowest BCUT2D eigenvalue weighted by atomic mass is 10.2. The summed E-state index contributed by atoms with van der Waals surface area (Å²) in [5, 5.41) is 4.72. The summed E-state index contributed by atoms with van der Waals surface area (Å²) in [6.45, 7) is 1.93. The van der Waals surface area contributed by atoms with Gasteiger partial charge in [0.1, 0.15) is 4.88 Å². The molecule has 1 heterocycles. The second-order valence-corrected chi connectivity index (χ2v) is 5.40. The smallest absolute Gasteiger partial charge is 0.266 e. The minimum absolute atomic E-state index is 0.124. The van der Waals surface area contributed by atoms with Gasteiger partial charge in [-0.3, -0.25) is 4.79 Å². The van der Waals surface area contributed by atoms with E-state index in [2.05, 4.69) is 21.2 Å². The first kappa shape index (κ1) is 12.1. The molecule has 1 amide bonds. The molecule has 5 heteroatoms. The number of carbonyl (C=O) groups is 1. The normalized spacial score (nSPS) is 10.2. The van der Waals surface area contributed by atoms with Crippen molar-refractivity contribution in [3.05, 3.63) is 44.6 Å². The molecule has 0 aliphatic carbocycles. The van der Waals surface area contributed by atoms with Crippen molar-refractivity contribution in [2.45, 2.75) is 6.92 Å². The molecule has 0 spiro atoms. The van der Waals surface area contributed by atoms with E-state index in [1.54, 1.807) is 6.07 Å². The van der Waals surface area contributed by atoms with Gasteiger partial charge in [0.05, 0.1) is 0 Å². The number of carbonyl (C=O) groups excluding carboxylic acids is 1. The van der Waals surface area contributed by atoms with E-state index < -0.39 is 0 Å². The molecule has 0 saturated carbocycles. The number of amides is 1. The number of nitrogen functional groups attached to an aromatic ring is 1. The Balaban J connectivity index is 2.24. The predicted molar refractivity (Wildman–Crippen MR) is 75.6 cm³/mol. The molecule has 0 aliphatic heterocycles. The fourth-order valence-electron chi connectivity index (χ4n) is 1.41. The van der Waals surface area contributed by atoms with Crippen molar-refractivity contribution >= 4 is 44.5 Å². The van der Waals surface area contributed by atoms with E-state index in [0.29, 0.717) is 10.6 Å². The number of thiophene rings is 1. The first-order valence-electron chi connectivity index (χ1n) is 4.98. The van der Waals surface area contributed by atoms with Gasteiger partial charge in [-0.1, -0.05) is 6.07 Å². The van der Waals surface area contributed by atoms with Crippen LogP contribution >= 0.6 is 27.3 Å². The fourth-order valence-corrected chi connectivity index (χ4v) is 2.86. The number of benzene rings is 1. The summed E-state index contributed by atoms with van der Waals surface area (Å²) < 4.78 is 0.807. The number of rotatable bonds is 2. The van der Waals surface area contributed by atoms with E-state index in [1.807, 2.05) is 30.5 Å². The van der Waals surface area contributed by atoms with Crippen LogP contribution in [0, 0.1) is 6.92 Å². The van der Waals surface area contributed by atoms with Gasteiger partial charge < -0.3 is 11.1 Å². The molecule has 0 saturated heterocycles. The molecule has 0 radical (unpaired) electrons. The molecule has 3 nitrogen and oxygen atoms in total. The van der Waals surface area contributed by atoms with Crippen LogP contribution in [-0.2, 0) is 0 Å². The summed E-state index contributed by atoms with van der Waals surface area (Å²) in [6.07, 6.45) is 0. The van der Waals surface area contributed by atoms with Gasteiger partial charge in [0.15, 0.2) is 0 Å². The molecule has 0 atom stereocenters. The lowest BCUT2D eigenvalue weighted by Gasteiger charge is -2.08. The highest BCUT2D eigenvalue weighted by Crippen LogP contribution is 2.25. The Morgan fingerprint density at radius 2 is 2.18 bits per heavy atom. The molecular weight excluding hydrogens is 300 g/mol. The van der Waals surface area contributed by atoms with Crippen LogP contribution in [0.15, 0.2) is 34.1 Å². The van der Waals surface area contributed by atoms with Crippen LogP contribution in [0.1, 0.15) is 15.2 Å². The Bertz CT molecular complexity index is 565. The van der Waals surface area contributed by atoms with Gasteiger partial charge in [-0.25, -0.2) is 0 Å². The number of halogens is 1. The van der Waals surface area contributed by atoms with Crippen molar-refractivity contribution in [1.82, 2.24) is 0 Å². The summed E-state index contributed by atoms with van der Waals surface area (Å²) in [6, 6.07) is 7.31. The number of anilines is 2. The maximum Gasteiger partial charge on any atom is 0.266 e. The van der Waals surface area contributed by atoms with E-state index in [-0.39, 0.29) is 5.91 Å². The Morgan fingerprint density at radius 3 is 2.82 bits per heavy atom. The highest BCUT2D eigenvalue weighted by Gasteiger charge is 2.12. The third-order valence-corrected chi connectivity index (χ3v) is 4.17. The van der Waals surface area contributed by atoms with Gasteiger partial charge in [-0.2, -0.15) is 0 Å². The number of hydrogen-bond donors (Lipinski definition) is 2. The lowest BCUT2D eigenvalue weighted by Crippen LogP contribution is -2.11. The third-order valence-electron chi connectivity index (χ3n) is 2.33. The van der Waals surface area contributed by atoms with Crippen molar-refractivity contribution in [1.29, 1.82) is 0 Å². The monoisotopic (exact) mass is 310 g/mol. The number of nitrogens with one attached hydrogen (secondary N) is 1. The zero-order valence-corrected chi connectivity index (χ0v) is 11.6. The Morgan fingerprint density at radius 1 is 1.41 bits per heavy atom.